The van der Waals surface area contributed by atoms with Crippen LogP contribution in [0, 0.1) is 0 Å². The van der Waals surface area contributed by atoms with Crippen LogP contribution in [-0.4, -0.2) is 34.6 Å². The molecule has 0 amide bonds. The normalized spacial score (nSPS) is 13.6. The second-order valence-electron chi connectivity index (χ2n) is 12.1. The van der Waals surface area contributed by atoms with Crippen LogP contribution in [0.3, 0.4) is 0 Å². The molecule has 8 rings (SSSR count). The molecule has 0 saturated carbocycles. The summed E-state index contributed by atoms with van der Waals surface area (Å²) in [6.07, 6.45) is 17.2. The van der Waals surface area contributed by atoms with Gasteiger partial charge in [0.25, 0.3) is 0 Å². The van der Waals surface area contributed by atoms with E-state index in [-0.39, 0.29) is 0 Å². The Morgan fingerprint density at radius 1 is 0.745 bits per heavy atom. The molecule has 248 valence electrons. The lowest BCUT2D eigenvalue weighted by atomic mass is 10.1. The first-order valence-electron chi connectivity index (χ1n) is 16.9. The number of nitrogens with one attached hydrogen (secondary N) is 2. The highest BCUT2D eigenvalue weighted by atomic mass is 15.2. The van der Waals surface area contributed by atoms with E-state index in [0.717, 1.165) is 57.4 Å². The van der Waals surface area contributed by atoms with E-state index in [1.54, 1.807) is 0 Å². The average molecular weight is 666 g/mol. The molecule has 9 heteroatoms. The molecule has 1 aliphatic carbocycles. The number of hydrogen-bond donors (Lipinski definition) is 2. The molecular weight excluding hydrogens is 631 g/mol. The first kappa shape index (κ1) is 31.4. The van der Waals surface area contributed by atoms with Crippen LogP contribution < -0.4 is 10.6 Å². The topological polar surface area (TPSA) is 97.3 Å². The zero-order chi connectivity index (χ0) is 34.4. The quantitative estimate of drug-likeness (QED) is 0.151. The summed E-state index contributed by atoms with van der Waals surface area (Å²) in [5.74, 6) is 1.40. The van der Waals surface area contributed by atoms with Crippen LogP contribution >= 0.6 is 0 Å². The van der Waals surface area contributed by atoms with Gasteiger partial charge in [-0.3, -0.25) is 4.99 Å². The van der Waals surface area contributed by atoms with Gasteiger partial charge < -0.3 is 19.6 Å². The Hall–Kier alpha value is -6.87. The lowest BCUT2D eigenvalue weighted by Crippen LogP contribution is -2.08. The van der Waals surface area contributed by atoms with E-state index in [4.69, 9.17) is 24.9 Å². The van der Waals surface area contributed by atoms with Crippen molar-refractivity contribution in [2.75, 3.05) is 10.6 Å². The van der Waals surface area contributed by atoms with Crippen LogP contribution in [0.1, 0.15) is 24.5 Å². The van der Waals surface area contributed by atoms with Gasteiger partial charge in [-0.2, -0.15) is 15.0 Å². The highest BCUT2D eigenvalue weighted by Crippen LogP contribution is 2.27. The van der Waals surface area contributed by atoms with Gasteiger partial charge in [-0.15, -0.1) is 0 Å². The molecule has 1 aliphatic rings. The summed E-state index contributed by atoms with van der Waals surface area (Å²) in [5, 5.41) is 6.82. The number of aliphatic imine (C=N–C) groups is 1. The highest BCUT2D eigenvalue weighted by molar-refractivity contribution is 6.00. The summed E-state index contributed by atoms with van der Waals surface area (Å²) < 4.78 is 4.17. The minimum Gasteiger partial charge on any atom is -0.341 e. The van der Waals surface area contributed by atoms with Crippen molar-refractivity contribution in [3.05, 3.63) is 169 Å². The summed E-state index contributed by atoms with van der Waals surface area (Å²) in [6, 6.07) is 36.6. The Bertz CT molecular complexity index is 2380. The van der Waals surface area contributed by atoms with Crippen molar-refractivity contribution >= 4 is 40.3 Å². The minimum atomic E-state index is 0.425. The smallest absolute Gasteiger partial charge is 0.232 e. The molecule has 0 aliphatic heterocycles. The molecule has 4 heterocycles. The number of rotatable bonds is 10. The number of anilines is 4. The summed E-state index contributed by atoms with van der Waals surface area (Å²) in [4.78, 5) is 24.2. The minimum absolute atomic E-state index is 0.425. The lowest BCUT2D eigenvalue weighted by Gasteiger charge is -2.13. The maximum Gasteiger partial charge on any atom is 0.232 e. The molecule has 0 unspecified atom stereocenters. The van der Waals surface area contributed by atoms with E-state index in [1.165, 1.54) is 5.56 Å². The second-order valence-corrected chi connectivity index (χ2v) is 12.1. The van der Waals surface area contributed by atoms with Crippen molar-refractivity contribution < 1.29 is 0 Å². The highest BCUT2D eigenvalue weighted by Gasteiger charge is 2.14. The van der Waals surface area contributed by atoms with E-state index in [9.17, 15) is 0 Å². The predicted octanol–water partition coefficient (Wildman–Crippen LogP) is 9.51. The largest absolute Gasteiger partial charge is 0.341 e. The van der Waals surface area contributed by atoms with Gasteiger partial charge >= 0.3 is 0 Å². The number of hydrogen-bond acceptors (Lipinski definition) is 7. The fraction of sp³-hybridized carbons (Fsp3) is 0.0714. The SMILES string of the molecule is C/C=C(\N=C1C=CC=CC1)c1ccc(Nc2nc(Nc3ccc(-c4cn5ccccc5n4)cc3)nc(-c3cccn3Cc3ccccc3)n2)cc1. The number of aromatic nitrogens is 6. The molecule has 9 nitrogen and oxygen atoms in total. The molecule has 3 aromatic carbocycles. The van der Waals surface area contributed by atoms with Crippen LogP contribution in [0.15, 0.2) is 163 Å². The fourth-order valence-corrected chi connectivity index (χ4v) is 5.95. The van der Waals surface area contributed by atoms with Gasteiger partial charge in [0.05, 0.1) is 17.1 Å². The Morgan fingerprint density at radius 3 is 2.20 bits per heavy atom. The van der Waals surface area contributed by atoms with Gasteiger partial charge in [0.2, 0.25) is 11.9 Å². The van der Waals surface area contributed by atoms with Crippen molar-refractivity contribution in [3.63, 3.8) is 0 Å². The van der Waals surface area contributed by atoms with Crippen LogP contribution in [-0.2, 0) is 6.54 Å². The zero-order valence-corrected chi connectivity index (χ0v) is 28.1. The van der Waals surface area contributed by atoms with Crippen molar-refractivity contribution in [2.24, 2.45) is 4.99 Å². The standard InChI is InChI=1S/C42H35N9/c1-2-36(43-33-14-7-4-8-15-33)31-18-22-34(23-19-31)44-41-47-40(38-16-11-27-50(38)28-30-12-5-3-6-13-30)48-42(49-41)45-35-24-20-32(21-25-35)37-29-51-26-10-9-17-39(51)46-37/h2-14,16-27,29H,15,28H2,1H3,(H2,44,45,47,48,49)/b36-2-,43-33?. The molecule has 0 radical (unpaired) electrons. The molecule has 0 fully saturated rings. The number of fused-ring (bicyclic) bond motifs is 1. The summed E-state index contributed by atoms with van der Waals surface area (Å²) in [5.41, 5.74) is 9.59. The number of imidazole rings is 1. The number of pyridine rings is 1. The molecule has 7 aromatic rings. The number of benzene rings is 3. The summed E-state index contributed by atoms with van der Waals surface area (Å²) in [7, 11) is 0. The molecular formula is C42H35N9. The van der Waals surface area contributed by atoms with Gasteiger partial charge in [-0.1, -0.05) is 85.0 Å². The fourth-order valence-electron chi connectivity index (χ4n) is 5.95. The van der Waals surface area contributed by atoms with Crippen molar-refractivity contribution in [3.8, 4) is 22.8 Å². The van der Waals surface area contributed by atoms with Crippen molar-refractivity contribution in [2.45, 2.75) is 19.9 Å². The number of nitrogens with zero attached hydrogens (tertiary/aromatic N) is 7. The first-order chi connectivity index (χ1) is 25.2. The van der Waals surface area contributed by atoms with E-state index in [0.29, 0.717) is 24.3 Å². The Labute approximate surface area is 296 Å². The first-order valence-corrected chi connectivity index (χ1v) is 16.9. The molecule has 0 spiro atoms. The van der Waals surface area contributed by atoms with Crippen molar-refractivity contribution in [1.29, 1.82) is 0 Å². The molecule has 4 aromatic heterocycles. The van der Waals surface area contributed by atoms with Gasteiger partial charge in [0.15, 0.2) is 5.82 Å². The molecule has 0 bridgehead atoms. The van der Waals surface area contributed by atoms with E-state index < -0.39 is 0 Å². The van der Waals surface area contributed by atoms with Gasteiger partial charge in [0.1, 0.15) is 5.65 Å². The zero-order valence-electron chi connectivity index (χ0n) is 28.1. The van der Waals surface area contributed by atoms with Crippen molar-refractivity contribution in [1.82, 2.24) is 28.9 Å². The van der Waals surface area contributed by atoms with Crippen LogP contribution in [0.5, 0.6) is 0 Å². The summed E-state index contributed by atoms with van der Waals surface area (Å²) >= 11 is 0. The van der Waals surface area contributed by atoms with E-state index in [2.05, 4.69) is 51.6 Å². The third-order valence-corrected chi connectivity index (χ3v) is 8.53. The molecule has 51 heavy (non-hydrogen) atoms. The van der Waals surface area contributed by atoms with Crippen LogP contribution in [0.25, 0.3) is 34.1 Å². The van der Waals surface area contributed by atoms with E-state index in [1.807, 2.05) is 133 Å². The second kappa shape index (κ2) is 14.3. The number of allylic oxidation sites excluding steroid dienone is 5. The Kier molecular flexibility index (Phi) is 8.81. The Morgan fingerprint density at radius 2 is 1.49 bits per heavy atom. The maximum atomic E-state index is 4.89. The monoisotopic (exact) mass is 665 g/mol. The van der Waals surface area contributed by atoms with Gasteiger partial charge in [-0.05, 0) is 72.7 Å². The molecule has 0 saturated heterocycles. The van der Waals surface area contributed by atoms with Gasteiger partial charge in [0, 0.05) is 54.2 Å². The maximum absolute atomic E-state index is 4.89. The molecule has 2 N–H and O–H groups in total. The summed E-state index contributed by atoms with van der Waals surface area (Å²) in [6.45, 7) is 2.70. The predicted molar refractivity (Wildman–Crippen MR) is 206 cm³/mol. The van der Waals surface area contributed by atoms with Gasteiger partial charge in [-0.25, -0.2) is 4.98 Å². The average Bonchev–Trinajstić information content (AvgIpc) is 3.83. The van der Waals surface area contributed by atoms with Crippen LogP contribution in [0.4, 0.5) is 23.3 Å². The van der Waals surface area contributed by atoms with Crippen LogP contribution in [0.2, 0.25) is 0 Å². The lowest BCUT2D eigenvalue weighted by molar-refractivity contribution is 0.806. The third-order valence-electron chi connectivity index (χ3n) is 8.53. The van der Waals surface area contributed by atoms with E-state index >= 15 is 0 Å². The molecule has 0 atom stereocenters. The third kappa shape index (κ3) is 7.28. The Balaban J connectivity index is 1.08.